The van der Waals surface area contributed by atoms with Gasteiger partial charge in [-0.3, -0.25) is 9.80 Å². The lowest BCUT2D eigenvalue weighted by Crippen LogP contribution is -2.49. The summed E-state index contributed by atoms with van der Waals surface area (Å²) in [5, 5.41) is 4.22. The van der Waals surface area contributed by atoms with Gasteiger partial charge in [-0.1, -0.05) is 11.6 Å². The zero-order valence-corrected chi connectivity index (χ0v) is 16.2. The summed E-state index contributed by atoms with van der Waals surface area (Å²) < 4.78 is 11.8. The number of nitrogens with zero attached hydrogens (tertiary/aromatic N) is 2. The van der Waals surface area contributed by atoms with Crippen LogP contribution in [0.1, 0.15) is 24.8 Å². The van der Waals surface area contributed by atoms with Crippen LogP contribution in [0, 0.1) is 0 Å². The first-order valence-electron chi connectivity index (χ1n) is 9.98. The lowest BCUT2D eigenvalue weighted by atomic mass is 10.2. The third kappa shape index (κ3) is 4.70. The van der Waals surface area contributed by atoms with E-state index in [1.54, 1.807) is 0 Å². The molecule has 3 saturated heterocycles. The fraction of sp³-hybridized carbons (Fsp3) is 0.700. The maximum Gasteiger partial charge on any atom is 0.124 e. The number of likely N-dealkylation sites (tertiary alicyclic amines) is 1. The molecule has 26 heavy (non-hydrogen) atoms. The van der Waals surface area contributed by atoms with E-state index >= 15 is 0 Å². The minimum absolute atomic E-state index is 0.238. The second-order valence-electron chi connectivity index (χ2n) is 7.66. The van der Waals surface area contributed by atoms with E-state index in [1.165, 1.54) is 25.1 Å². The highest BCUT2D eigenvalue weighted by Gasteiger charge is 2.29. The molecule has 0 aliphatic carbocycles. The van der Waals surface area contributed by atoms with Crippen molar-refractivity contribution in [3.8, 4) is 5.75 Å². The third-order valence-corrected chi connectivity index (χ3v) is 6.02. The topological polar surface area (TPSA) is 37.0 Å². The number of nitrogens with one attached hydrogen (secondary N) is 1. The Morgan fingerprint density at radius 2 is 2.08 bits per heavy atom. The molecule has 0 amide bonds. The van der Waals surface area contributed by atoms with Gasteiger partial charge in [-0.05, 0) is 37.5 Å². The van der Waals surface area contributed by atoms with Gasteiger partial charge in [-0.25, -0.2) is 0 Å². The minimum Gasteiger partial charge on any atom is -0.491 e. The van der Waals surface area contributed by atoms with Crippen molar-refractivity contribution in [2.75, 3.05) is 52.5 Å². The first-order valence-corrected chi connectivity index (χ1v) is 10.4. The molecule has 0 spiro atoms. The minimum atomic E-state index is 0.238. The molecule has 2 unspecified atom stereocenters. The molecular weight excluding hydrogens is 350 g/mol. The number of hydrogen-bond donors (Lipinski definition) is 1. The summed E-state index contributed by atoms with van der Waals surface area (Å²) >= 11 is 6.27. The van der Waals surface area contributed by atoms with Gasteiger partial charge in [0.2, 0.25) is 0 Å². The molecule has 4 rings (SSSR count). The molecule has 1 N–H and O–H groups in total. The highest BCUT2D eigenvalue weighted by atomic mass is 35.5. The molecule has 3 aliphatic rings. The summed E-state index contributed by atoms with van der Waals surface area (Å²) in [5.41, 5.74) is 1.19. The highest BCUT2D eigenvalue weighted by Crippen LogP contribution is 2.27. The van der Waals surface area contributed by atoms with Crippen LogP contribution in [0.25, 0.3) is 0 Å². The molecule has 3 aliphatic heterocycles. The van der Waals surface area contributed by atoms with Crippen molar-refractivity contribution in [1.82, 2.24) is 15.1 Å². The monoisotopic (exact) mass is 379 g/mol. The maximum absolute atomic E-state index is 6.27. The van der Waals surface area contributed by atoms with E-state index in [-0.39, 0.29) is 6.10 Å². The number of hydrogen-bond acceptors (Lipinski definition) is 5. The fourth-order valence-corrected chi connectivity index (χ4v) is 4.51. The molecule has 144 valence electrons. The Hall–Kier alpha value is -0.850. The van der Waals surface area contributed by atoms with E-state index in [0.717, 1.165) is 62.9 Å². The smallest absolute Gasteiger partial charge is 0.124 e. The molecule has 3 fully saturated rings. The van der Waals surface area contributed by atoms with Gasteiger partial charge in [0.25, 0.3) is 0 Å². The van der Waals surface area contributed by atoms with Crippen molar-refractivity contribution in [3.63, 3.8) is 0 Å². The molecule has 0 bridgehead atoms. The molecule has 3 heterocycles. The standard InChI is InChI=1S/C20H30ClN3O2/c21-17-3-4-20(26-15-19-2-1-11-25-19)16(12-17)13-23-8-5-18(14-23)24-9-6-22-7-10-24/h3-4,12,18-19,22H,1-2,5-11,13-15H2. The number of rotatable bonds is 6. The summed E-state index contributed by atoms with van der Waals surface area (Å²) in [6, 6.07) is 6.68. The van der Waals surface area contributed by atoms with Crippen LogP contribution in [0.2, 0.25) is 5.02 Å². The van der Waals surface area contributed by atoms with Crippen molar-refractivity contribution in [3.05, 3.63) is 28.8 Å². The Balaban J connectivity index is 1.35. The van der Waals surface area contributed by atoms with Crippen molar-refractivity contribution in [1.29, 1.82) is 0 Å². The summed E-state index contributed by atoms with van der Waals surface area (Å²) in [6.07, 6.45) is 3.74. The molecule has 2 atom stereocenters. The number of halogens is 1. The molecule has 5 nitrogen and oxygen atoms in total. The predicted octanol–water partition coefficient (Wildman–Crippen LogP) is 2.38. The molecule has 0 saturated carbocycles. The average molecular weight is 380 g/mol. The van der Waals surface area contributed by atoms with Gasteiger partial charge in [0.15, 0.2) is 0 Å². The summed E-state index contributed by atoms with van der Waals surface area (Å²) in [4.78, 5) is 5.18. The van der Waals surface area contributed by atoms with Crippen LogP contribution in [-0.4, -0.2) is 74.4 Å². The van der Waals surface area contributed by atoms with Gasteiger partial charge < -0.3 is 14.8 Å². The lowest BCUT2D eigenvalue weighted by molar-refractivity contribution is 0.0673. The second kappa shape index (κ2) is 8.89. The quantitative estimate of drug-likeness (QED) is 0.821. The molecule has 0 aromatic heterocycles. The van der Waals surface area contributed by atoms with Crippen molar-refractivity contribution < 1.29 is 9.47 Å². The molecule has 0 radical (unpaired) electrons. The zero-order valence-electron chi connectivity index (χ0n) is 15.5. The Labute approximate surface area is 161 Å². The Kier molecular flexibility index (Phi) is 6.33. The molecule has 1 aromatic rings. The van der Waals surface area contributed by atoms with E-state index in [0.29, 0.717) is 12.6 Å². The first-order chi connectivity index (χ1) is 12.8. The molecule has 1 aromatic carbocycles. The van der Waals surface area contributed by atoms with E-state index < -0.39 is 0 Å². The van der Waals surface area contributed by atoms with E-state index in [1.807, 2.05) is 12.1 Å². The van der Waals surface area contributed by atoms with Gasteiger partial charge in [-0.2, -0.15) is 0 Å². The first kappa shape index (κ1) is 18.5. The van der Waals surface area contributed by atoms with Gasteiger partial charge in [0.05, 0.1) is 6.10 Å². The maximum atomic E-state index is 6.27. The van der Waals surface area contributed by atoms with Gasteiger partial charge in [0, 0.05) is 69.0 Å². The summed E-state index contributed by atoms with van der Waals surface area (Å²) in [5.74, 6) is 0.954. The number of piperazine rings is 1. The van der Waals surface area contributed by atoms with Crippen LogP contribution in [0.4, 0.5) is 0 Å². The normalized spacial score (nSPS) is 27.9. The fourth-order valence-electron chi connectivity index (χ4n) is 4.31. The SMILES string of the molecule is Clc1ccc(OCC2CCCO2)c(CN2CCC(N3CCNCC3)C2)c1. The number of ether oxygens (including phenoxy) is 2. The van der Waals surface area contributed by atoms with Crippen LogP contribution in [0.5, 0.6) is 5.75 Å². The second-order valence-corrected chi connectivity index (χ2v) is 8.10. The Morgan fingerprint density at radius 1 is 1.19 bits per heavy atom. The van der Waals surface area contributed by atoms with Crippen molar-refractivity contribution in [2.24, 2.45) is 0 Å². The van der Waals surface area contributed by atoms with Crippen LogP contribution >= 0.6 is 11.6 Å². The van der Waals surface area contributed by atoms with E-state index in [9.17, 15) is 0 Å². The molecule has 6 heteroatoms. The predicted molar refractivity (Wildman–Crippen MR) is 104 cm³/mol. The molecular formula is C20H30ClN3O2. The highest BCUT2D eigenvalue weighted by molar-refractivity contribution is 6.30. The van der Waals surface area contributed by atoms with Crippen LogP contribution < -0.4 is 10.1 Å². The van der Waals surface area contributed by atoms with Gasteiger partial charge in [-0.15, -0.1) is 0 Å². The van der Waals surface area contributed by atoms with Crippen LogP contribution in [0.3, 0.4) is 0 Å². The lowest BCUT2D eigenvalue weighted by Gasteiger charge is -2.32. The summed E-state index contributed by atoms with van der Waals surface area (Å²) in [6.45, 7) is 9.27. The Morgan fingerprint density at radius 3 is 2.88 bits per heavy atom. The third-order valence-electron chi connectivity index (χ3n) is 5.78. The Bertz CT molecular complexity index is 588. The van der Waals surface area contributed by atoms with E-state index in [4.69, 9.17) is 21.1 Å². The van der Waals surface area contributed by atoms with Crippen molar-refractivity contribution in [2.45, 2.75) is 38.0 Å². The zero-order chi connectivity index (χ0) is 17.8. The number of benzene rings is 1. The van der Waals surface area contributed by atoms with E-state index in [2.05, 4.69) is 21.2 Å². The van der Waals surface area contributed by atoms with Gasteiger partial charge >= 0.3 is 0 Å². The largest absolute Gasteiger partial charge is 0.491 e. The van der Waals surface area contributed by atoms with Crippen LogP contribution in [0.15, 0.2) is 18.2 Å². The summed E-state index contributed by atoms with van der Waals surface area (Å²) in [7, 11) is 0. The van der Waals surface area contributed by atoms with Gasteiger partial charge in [0.1, 0.15) is 12.4 Å². The van der Waals surface area contributed by atoms with Crippen LogP contribution in [-0.2, 0) is 11.3 Å². The average Bonchev–Trinajstić information content (AvgIpc) is 3.34. The van der Waals surface area contributed by atoms with Crippen molar-refractivity contribution >= 4 is 11.6 Å².